The molecule has 0 radical (unpaired) electrons. The van der Waals surface area contributed by atoms with Crippen LogP contribution in [0, 0.1) is 0 Å². The second-order valence-electron chi connectivity index (χ2n) is 8.53. The van der Waals surface area contributed by atoms with Gasteiger partial charge in [0, 0.05) is 5.92 Å². The molecule has 2 aromatic rings. The summed E-state index contributed by atoms with van der Waals surface area (Å²) in [5.74, 6) is -1.58. The van der Waals surface area contributed by atoms with Crippen LogP contribution in [0.4, 0.5) is 31.1 Å². The molecule has 6 nitrogen and oxygen atoms in total. The summed E-state index contributed by atoms with van der Waals surface area (Å²) >= 11 is 0. The van der Waals surface area contributed by atoms with Crippen LogP contribution in [0.1, 0.15) is 36.3 Å². The first-order valence-electron chi connectivity index (χ1n) is 11.6. The molecule has 1 atom stereocenters. The third-order valence-electron chi connectivity index (χ3n) is 5.72. The van der Waals surface area contributed by atoms with Crippen molar-refractivity contribution in [1.82, 2.24) is 10.6 Å². The minimum absolute atomic E-state index is 0.0330. The van der Waals surface area contributed by atoms with Gasteiger partial charge >= 0.3 is 24.4 Å². The van der Waals surface area contributed by atoms with Gasteiger partial charge in [0.2, 0.25) is 0 Å². The molecule has 12 heteroatoms. The summed E-state index contributed by atoms with van der Waals surface area (Å²) < 4.78 is 83.6. The molecule has 2 N–H and O–H groups in total. The number of amides is 1. The van der Waals surface area contributed by atoms with Crippen LogP contribution >= 0.6 is 0 Å². The van der Waals surface area contributed by atoms with Crippen molar-refractivity contribution in [2.24, 2.45) is 0 Å². The average Bonchev–Trinajstić information content (AvgIpc) is 3.15. The first-order chi connectivity index (χ1) is 17.4. The van der Waals surface area contributed by atoms with Gasteiger partial charge in [-0.2, -0.15) is 26.3 Å². The second kappa shape index (κ2) is 12.3. The number of unbranched alkanes of at least 4 members (excludes halogenated alkanes) is 1. The predicted molar refractivity (Wildman–Crippen MR) is 122 cm³/mol. The zero-order valence-corrected chi connectivity index (χ0v) is 19.6. The minimum atomic E-state index is -4.76. The fourth-order valence-electron chi connectivity index (χ4n) is 4.11. The SMILES string of the molecule is O=C(N[C@@H](CCCCNCC(F)(F)F)C(=O)OCC(F)(F)F)OCC1c2ccccc2-c2ccccc21. The van der Waals surface area contributed by atoms with E-state index in [9.17, 15) is 35.9 Å². The second-order valence-corrected chi connectivity index (χ2v) is 8.53. The highest BCUT2D eigenvalue weighted by molar-refractivity contribution is 5.82. The number of benzene rings is 2. The predicted octanol–water partition coefficient (Wildman–Crippen LogP) is 5.32. The summed E-state index contributed by atoms with van der Waals surface area (Å²) in [6, 6.07) is 13.7. The molecule has 0 heterocycles. The van der Waals surface area contributed by atoms with Crippen LogP contribution in [-0.2, 0) is 14.3 Å². The van der Waals surface area contributed by atoms with Crippen molar-refractivity contribution in [2.45, 2.75) is 43.6 Å². The number of rotatable bonds is 11. The Kier molecular flexibility index (Phi) is 9.41. The first-order valence-corrected chi connectivity index (χ1v) is 11.6. The monoisotopic (exact) mass is 532 g/mol. The van der Waals surface area contributed by atoms with Crippen molar-refractivity contribution in [2.75, 3.05) is 26.3 Å². The molecule has 1 aliphatic rings. The molecule has 1 amide bonds. The summed E-state index contributed by atoms with van der Waals surface area (Å²) in [6.07, 6.45) is -9.98. The quantitative estimate of drug-likeness (QED) is 0.233. The molecule has 0 spiro atoms. The van der Waals surface area contributed by atoms with Gasteiger partial charge in [-0.15, -0.1) is 0 Å². The Morgan fingerprint density at radius 1 is 0.838 bits per heavy atom. The normalized spacial score (nSPS) is 14.0. The molecule has 0 aliphatic heterocycles. The summed E-state index contributed by atoms with van der Waals surface area (Å²) in [4.78, 5) is 24.7. The first kappa shape index (κ1) is 28.3. The Labute approximate surface area is 209 Å². The lowest BCUT2D eigenvalue weighted by Gasteiger charge is -2.19. The fourth-order valence-corrected chi connectivity index (χ4v) is 4.11. The highest BCUT2D eigenvalue weighted by atomic mass is 19.4. The van der Waals surface area contributed by atoms with E-state index in [1.165, 1.54) is 0 Å². The molecular weight excluding hydrogens is 506 g/mol. The minimum Gasteiger partial charge on any atom is -0.455 e. The standard InChI is InChI=1S/C25H26F6N2O4/c26-24(27,28)14-32-12-6-5-11-21(22(34)37-15-25(29,30)31)33-23(35)36-13-20-18-9-3-1-7-16(18)17-8-2-4-10-19(17)20/h1-4,7-10,20-21,32H,5-6,11-15H2,(H,33,35)/t21-/m0/s1. The average molecular weight is 532 g/mol. The number of ether oxygens (including phenoxy) is 2. The van der Waals surface area contributed by atoms with Crippen molar-refractivity contribution in [3.8, 4) is 11.1 Å². The lowest BCUT2D eigenvalue weighted by atomic mass is 9.98. The van der Waals surface area contributed by atoms with Crippen molar-refractivity contribution in [3.05, 3.63) is 59.7 Å². The zero-order chi connectivity index (χ0) is 27.1. The molecule has 0 bridgehead atoms. The number of hydrogen-bond acceptors (Lipinski definition) is 5. The number of esters is 1. The largest absolute Gasteiger partial charge is 0.455 e. The lowest BCUT2D eigenvalue weighted by Crippen LogP contribution is -2.43. The van der Waals surface area contributed by atoms with Crippen LogP contribution < -0.4 is 10.6 Å². The smallest absolute Gasteiger partial charge is 0.422 e. The number of alkyl carbamates (subject to hydrolysis) is 1. The van der Waals surface area contributed by atoms with Gasteiger partial charge in [-0.05, 0) is 48.1 Å². The van der Waals surface area contributed by atoms with E-state index in [-0.39, 0.29) is 38.3 Å². The van der Waals surface area contributed by atoms with Gasteiger partial charge in [-0.3, -0.25) is 0 Å². The van der Waals surface area contributed by atoms with Gasteiger partial charge in [0.25, 0.3) is 0 Å². The maximum absolute atomic E-state index is 12.5. The number of fused-ring (bicyclic) bond motifs is 3. The molecule has 3 rings (SSSR count). The highest BCUT2D eigenvalue weighted by Crippen LogP contribution is 2.44. The Hall–Kier alpha value is -3.28. The Morgan fingerprint density at radius 2 is 1.43 bits per heavy atom. The number of halogens is 6. The van der Waals surface area contributed by atoms with Crippen LogP contribution in [0.2, 0.25) is 0 Å². The maximum Gasteiger partial charge on any atom is 0.422 e. The van der Waals surface area contributed by atoms with E-state index in [0.717, 1.165) is 22.3 Å². The summed E-state index contributed by atoms with van der Waals surface area (Å²) in [7, 11) is 0. The highest BCUT2D eigenvalue weighted by Gasteiger charge is 2.33. The number of carbonyl (C=O) groups is 2. The molecule has 1 aliphatic carbocycles. The number of hydrogen-bond donors (Lipinski definition) is 2. The van der Waals surface area contributed by atoms with E-state index in [1.54, 1.807) is 0 Å². The van der Waals surface area contributed by atoms with Gasteiger partial charge < -0.3 is 20.1 Å². The van der Waals surface area contributed by atoms with Crippen LogP contribution in [0.3, 0.4) is 0 Å². The molecule has 0 saturated carbocycles. The topological polar surface area (TPSA) is 76.7 Å². The molecule has 37 heavy (non-hydrogen) atoms. The lowest BCUT2D eigenvalue weighted by molar-refractivity contribution is -0.187. The molecule has 202 valence electrons. The van der Waals surface area contributed by atoms with Crippen LogP contribution in [-0.4, -0.2) is 56.8 Å². The molecule has 0 aromatic heterocycles. The molecule has 0 unspecified atom stereocenters. The van der Waals surface area contributed by atoms with E-state index < -0.39 is 43.6 Å². The molecule has 0 saturated heterocycles. The van der Waals surface area contributed by atoms with Crippen molar-refractivity contribution < 1.29 is 45.4 Å². The Balaban J connectivity index is 1.57. The van der Waals surface area contributed by atoms with Gasteiger partial charge in [0.15, 0.2) is 6.61 Å². The Morgan fingerprint density at radius 3 is 2.00 bits per heavy atom. The summed E-state index contributed by atoms with van der Waals surface area (Å²) in [6.45, 7) is -3.13. The van der Waals surface area contributed by atoms with E-state index in [1.807, 2.05) is 48.5 Å². The third-order valence-corrected chi connectivity index (χ3v) is 5.72. The zero-order valence-electron chi connectivity index (χ0n) is 19.6. The Bertz CT molecular complexity index is 1030. The fraction of sp³-hybridized carbons (Fsp3) is 0.440. The van der Waals surface area contributed by atoms with Crippen LogP contribution in [0.15, 0.2) is 48.5 Å². The van der Waals surface area contributed by atoms with Gasteiger partial charge in [0.05, 0.1) is 6.54 Å². The summed E-state index contributed by atoms with van der Waals surface area (Å²) in [5, 5.41) is 4.42. The van der Waals surface area contributed by atoms with E-state index in [0.29, 0.717) is 0 Å². The number of alkyl halides is 6. The van der Waals surface area contributed by atoms with Gasteiger partial charge in [0.1, 0.15) is 12.6 Å². The maximum atomic E-state index is 12.5. The van der Waals surface area contributed by atoms with Gasteiger partial charge in [-0.25, -0.2) is 9.59 Å². The third kappa shape index (κ3) is 8.66. The van der Waals surface area contributed by atoms with Gasteiger partial charge in [-0.1, -0.05) is 48.5 Å². The summed E-state index contributed by atoms with van der Waals surface area (Å²) in [5.41, 5.74) is 3.90. The van der Waals surface area contributed by atoms with Crippen molar-refractivity contribution >= 4 is 12.1 Å². The number of carbonyl (C=O) groups excluding carboxylic acids is 2. The molecular formula is C25H26F6N2O4. The van der Waals surface area contributed by atoms with E-state index >= 15 is 0 Å². The van der Waals surface area contributed by atoms with Crippen molar-refractivity contribution in [3.63, 3.8) is 0 Å². The van der Waals surface area contributed by atoms with E-state index in [2.05, 4.69) is 15.4 Å². The van der Waals surface area contributed by atoms with Crippen LogP contribution in [0.5, 0.6) is 0 Å². The molecule has 0 fully saturated rings. The van der Waals surface area contributed by atoms with Crippen LogP contribution in [0.25, 0.3) is 11.1 Å². The molecule has 2 aromatic carbocycles. The van der Waals surface area contributed by atoms with Crippen molar-refractivity contribution in [1.29, 1.82) is 0 Å². The van der Waals surface area contributed by atoms with E-state index in [4.69, 9.17) is 4.74 Å². The number of nitrogens with one attached hydrogen (secondary N) is 2.